The number of benzene rings is 1. The Morgan fingerprint density at radius 3 is 2.55 bits per heavy atom. The fraction of sp³-hybridized carbons (Fsp3) is 0.533. The van der Waals surface area contributed by atoms with E-state index in [2.05, 4.69) is 24.1 Å². The molecule has 1 heterocycles. The summed E-state index contributed by atoms with van der Waals surface area (Å²) in [6.07, 6.45) is 1.14. The lowest BCUT2D eigenvalue weighted by Crippen LogP contribution is -2.33. The van der Waals surface area contributed by atoms with Gasteiger partial charge in [0.25, 0.3) is 5.91 Å². The number of carbonyl (C=O) groups is 1. The van der Waals surface area contributed by atoms with E-state index in [4.69, 9.17) is 11.5 Å². The first-order valence-corrected chi connectivity index (χ1v) is 7.14. The van der Waals surface area contributed by atoms with Gasteiger partial charge in [-0.3, -0.25) is 4.79 Å². The number of nitrogens with two attached hydrogens (primary N) is 2. The third kappa shape index (κ3) is 3.63. The second kappa shape index (κ2) is 6.13. The summed E-state index contributed by atoms with van der Waals surface area (Å²) in [7, 11) is 0. The van der Waals surface area contributed by atoms with Crippen LogP contribution in [0.2, 0.25) is 0 Å². The Labute approximate surface area is 120 Å². The summed E-state index contributed by atoms with van der Waals surface area (Å²) in [5.41, 5.74) is 13.0. The van der Waals surface area contributed by atoms with Crippen LogP contribution in [0.5, 0.6) is 0 Å². The highest BCUT2D eigenvalue weighted by Gasteiger charge is 2.24. The monoisotopic (exact) mass is 276 g/mol. The van der Waals surface area contributed by atoms with Crippen LogP contribution in [0.25, 0.3) is 0 Å². The van der Waals surface area contributed by atoms with E-state index in [1.165, 1.54) is 0 Å². The van der Waals surface area contributed by atoms with Crippen molar-refractivity contribution in [2.24, 2.45) is 5.92 Å². The maximum atomic E-state index is 12.1. The van der Waals surface area contributed by atoms with Crippen LogP contribution in [0.3, 0.4) is 0 Å². The van der Waals surface area contributed by atoms with Gasteiger partial charge in [0.1, 0.15) is 0 Å². The molecule has 1 atom stereocenters. The Kier molecular flexibility index (Phi) is 4.49. The molecule has 20 heavy (non-hydrogen) atoms. The van der Waals surface area contributed by atoms with Crippen LogP contribution in [0.4, 0.5) is 11.4 Å². The molecular formula is C15H24N4O. The number of anilines is 2. The molecule has 5 nitrogen and oxygen atoms in total. The van der Waals surface area contributed by atoms with Gasteiger partial charge in [0.2, 0.25) is 0 Å². The summed E-state index contributed by atoms with van der Waals surface area (Å²) in [5, 5.41) is 2.98. The molecule has 0 aliphatic carbocycles. The van der Waals surface area contributed by atoms with Gasteiger partial charge in [-0.25, -0.2) is 0 Å². The van der Waals surface area contributed by atoms with Crippen molar-refractivity contribution in [3.05, 3.63) is 23.8 Å². The number of rotatable bonds is 4. The van der Waals surface area contributed by atoms with Gasteiger partial charge in [0.05, 0.1) is 0 Å². The lowest BCUT2D eigenvalue weighted by Gasteiger charge is -2.20. The van der Waals surface area contributed by atoms with Crippen molar-refractivity contribution in [1.82, 2.24) is 10.2 Å². The molecule has 1 amide bonds. The second-order valence-electron chi connectivity index (χ2n) is 5.84. The predicted octanol–water partition coefficient (Wildman–Crippen LogP) is 1.31. The summed E-state index contributed by atoms with van der Waals surface area (Å²) in [6.45, 7) is 7.28. The molecule has 5 N–H and O–H groups in total. The van der Waals surface area contributed by atoms with Gasteiger partial charge in [-0.15, -0.1) is 0 Å². The fourth-order valence-corrected chi connectivity index (χ4v) is 2.65. The van der Waals surface area contributed by atoms with Crippen LogP contribution in [-0.4, -0.2) is 36.5 Å². The van der Waals surface area contributed by atoms with E-state index in [-0.39, 0.29) is 5.91 Å². The molecule has 0 bridgehead atoms. The zero-order chi connectivity index (χ0) is 14.7. The molecule has 110 valence electrons. The third-order valence-electron chi connectivity index (χ3n) is 3.84. The minimum atomic E-state index is -0.105. The SMILES string of the molecule is CC(C)N1CCC(CNC(=O)c2cc(N)cc(N)c2)C1. The predicted molar refractivity (Wildman–Crippen MR) is 82.4 cm³/mol. The highest BCUT2D eigenvalue weighted by atomic mass is 16.1. The summed E-state index contributed by atoms with van der Waals surface area (Å²) in [6, 6.07) is 5.53. The molecule has 2 rings (SSSR count). The number of likely N-dealkylation sites (tertiary alicyclic amines) is 1. The summed E-state index contributed by atoms with van der Waals surface area (Å²) >= 11 is 0. The smallest absolute Gasteiger partial charge is 0.251 e. The molecule has 1 unspecified atom stereocenters. The number of amides is 1. The Morgan fingerprint density at radius 1 is 1.35 bits per heavy atom. The van der Waals surface area contributed by atoms with E-state index in [0.717, 1.165) is 19.5 Å². The van der Waals surface area contributed by atoms with Gasteiger partial charge < -0.3 is 21.7 Å². The lowest BCUT2D eigenvalue weighted by atomic mass is 10.1. The van der Waals surface area contributed by atoms with Crippen molar-refractivity contribution in [3.63, 3.8) is 0 Å². The van der Waals surface area contributed by atoms with E-state index in [9.17, 15) is 4.79 Å². The fourth-order valence-electron chi connectivity index (χ4n) is 2.65. The van der Waals surface area contributed by atoms with E-state index < -0.39 is 0 Å². The first-order chi connectivity index (χ1) is 9.45. The number of nitrogens with zero attached hydrogens (tertiary/aromatic N) is 1. The molecule has 1 saturated heterocycles. The van der Waals surface area contributed by atoms with Gasteiger partial charge in [0, 0.05) is 36.1 Å². The van der Waals surface area contributed by atoms with Crippen LogP contribution in [0.1, 0.15) is 30.6 Å². The standard InChI is InChI=1S/C15H24N4O/c1-10(2)19-4-3-11(9-19)8-18-15(20)12-5-13(16)7-14(17)6-12/h5-7,10-11H,3-4,8-9,16-17H2,1-2H3,(H,18,20). The molecule has 0 saturated carbocycles. The van der Waals surface area contributed by atoms with Gasteiger partial charge in [0.15, 0.2) is 0 Å². The van der Waals surface area contributed by atoms with Crippen molar-refractivity contribution >= 4 is 17.3 Å². The molecule has 5 heteroatoms. The van der Waals surface area contributed by atoms with Crippen molar-refractivity contribution < 1.29 is 4.79 Å². The molecular weight excluding hydrogens is 252 g/mol. The topological polar surface area (TPSA) is 84.4 Å². The quantitative estimate of drug-likeness (QED) is 0.724. The third-order valence-corrected chi connectivity index (χ3v) is 3.84. The molecule has 1 aromatic rings. The average molecular weight is 276 g/mol. The second-order valence-corrected chi connectivity index (χ2v) is 5.84. The molecule has 0 spiro atoms. The van der Waals surface area contributed by atoms with Crippen LogP contribution in [-0.2, 0) is 0 Å². The first kappa shape index (κ1) is 14.7. The highest BCUT2D eigenvalue weighted by Crippen LogP contribution is 2.18. The zero-order valence-corrected chi connectivity index (χ0v) is 12.2. The normalized spacial score (nSPS) is 19.4. The Balaban J connectivity index is 1.87. The molecule has 1 aliphatic rings. The number of hydrogen-bond acceptors (Lipinski definition) is 4. The van der Waals surface area contributed by atoms with Crippen molar-refractivity contribution in [2.45, 2.75) is 26.3 Å². The summed E-state index contributed by atoms with van der Waals surface area (Å²) in [5.74, 6) is 0.423. The Hall–Kier alpha value is -1.75. The van der Waals surface area contributed by atoms with Crippen LogP contribution in [0.15, 0.2) is 18.2 Å². The van der Waals surface area contributed by atoms with Crippen molar-refractivity contribution in [3.8, 4) is 0 Å². The summed E-state index contributed by atoms with van der Waals surface area (Å²) in [4.78, 5) is 14.5. The number of hydrogen-bond donors (Lipinski definition) is 3. The number of nitrogens with one attached hydrogen (secondary N) is 1. The van der Waals surface area contributed by atoms with E-state index in [1.807, 2.05) is 0 Å². The van der Waals surface area contributed by atoms with E-state index in [1.54, 1.807) is 18.2 Å². The molecule has 0 aromatic heterocycles. The maximum Gasteiger partial charge on any atom is 0.251 e. The van der Waals surface area contributed by atoms with Crippen molar-refractivity contribution in [1.29, 1.82) is 0 Å². The molecule has 1 fully saturated rings. The van der Waals surface area contributed by atoms with Crippen molar-refractivity contribution in [2.75, 3.05) is 31.1 Å². The van der Waals surface area contributed by atoms with E-state index in [0.29, 0.717) is 35.4 Å². The molecule has 1 aliphatic heterocycles. The van der Waals surface area contributed by atoms with Gasteiger partial charge in [-0.2, -0.15) is 0 Å². The van der Waals surface area contributed by atoms with Crippen LogP contribution >= 0.6 is 0 Å². The summed E-state index contributed by atoms with van der Waals surface area (Å²) < 4.78 is 0. The average Bonchev–Trinajstić information content (AvgIpc) is 2.83. The van der Waals surface area contributed by atoms with Gasteiger partial charge in [-0.1, -0.05) is 0 Å². The number of nitrogen functional groups attached to an aromatic ring is 2. The van der Waals surface area contributed by atoms with Crippen LogP contribution in [0, 0.1) is 5.92 Å². The minimum absolute atomic E-state index is 0.105. The lowest BCUT2D eigenvalue weighted by molar-refractivity contribution is 0.0947. The van der Waals surface area contributed by atoms with Gasteiger partial charge >= 0.3 is 0 Å². The molecule has 1 aromatic carbocycles. The molecule has 0 radical (unpaired) electrons. The van der Waals surface area contributed by atoms with Gasteiger partial charge in [-0.05, 0) is 50.9 Å². The zero-order valence-electron chi connectivity index (χ0n) is 12.2. The Bertz CT molecular complexity index is 467. The minimum Gasteiger partial charge on any atom is -0.399 e. The maximum absolute atomic E-state index is 12.1. The number of carbonyl (C=O) groups excluding carboxylic acids is 1. The largest absolute Gasteiger partial charge is 0.399 e. The van der Waals surface area contributed by atoms with Crippen LogP contribution < -0.4 is 16.8 Å². The Morgan fingerprint density at radius 2 is 2.00 bits per heavy atom. The van der Waals surface area contributed by atoms with E-state index >= 15 is 0 Å². The first-order valence-electron chi connectivity index (χ1n) is 7.14. The highest BCUT2D eigenvalue weighted by molar-refractivity contribution is 5.96.